The van der Waals surface area contributed by atoms with Gasteiger partial charge in [0, 0.05) is 19.0 Å². The standard InChI is InChI=1S/C20H20F3NO2/c1-26-19-7-5-15(21)10-16(19)20(25)14-3-2-8-24(12-14)11-13-4-6-17(22)18(23)9-13/h4-7,9-10,14H,2-3,8,11-12H2,1H3. The van der Waals surface area contributed by atoms with E-state index in [1.165, 1.54) is 31.4 Å². The van der Waals surface area contributed by atoms with Crippen molar-refractivity contribution in [3.63, 3.8) is 0 Å². The number of benzene rings is 2. The average molecular weight is 363 g/mol. The number of methoxy groups -OCH3 is 1. The fourth-order valence-corrected chi connectivity index (χ4v) is 3.40. The average Bonchev–Trinajstić information content (AvgIpc) is 2.64. The molecule has 0 aromatic heterocycles. The summed E-state index contributed by atoms with van der Waals surface area (Å²) in [6.45, 7) is 1.68. The molecule has 1 aliphatic rings. The van der Waals surface area contributed by atoms with Gasteiger partial charge >= 0.3 is 0 Å². The topological polar surface area (TPSA) is 29.5 Å². The number of ketones is 1. The van der Waals surface area contributed by atoms with Crippen LogP contribution in [0.5, 0.6) is 5.75 Å². The van der Waals surface area contributed by atoms with Gasteiger partial charge in [0.25, 0.3) is 0 Å². The van der Waals surface area contributed by atoms with Gasteiger partial charge in [-0.05, 0) is 55.3 Å². The Bertz CT molecular complexity index is 810. The number of nitrogens with zero attached hydrogens (tertiary/aromatic N) is 1. The molecule has 2 aromatic carbocycles. The molecule has 3 rings (SSSR count). The highest BCUT2D eigenvalue weighted by molar-refractivity contribution is 6.00. The lowest BCUT2D eigenvalue weighted by Gasteiger charge is -2.32. The largest absolute Gasteiger partial charge is 0.496 e. The third-order valence-electron chi connectivity index (χ3n) is 4.69. The summed E-state index contributed by atoms with van der Waals surface area (Å²) in [6.07, 6.45) is 1.50. The predicted octanol–water partition coefficient (Wildman–Crippen LogP) is 4.21. The fourth-order valence-electron chi connectivity index (χ4n) is 3.40. The lowest BCUT2D eigenvalue weighted by molar-refractivity contribution is 0.0808. The summed E-state index contributed by atoms with van der Waals surface area (Å²) in [5.74, 6) is -2.32. The number of ether oxygens (including phenoxy) is 1. The highest BCUT2D eigenvalue weighted by Crippen LogP contribution is 2.27. The van der Waals surface area contributed by atoms with Crippen molar-refractivity contribution in [2.75, 3.05) is 20.2 Å². The molecule has 6 heteroatoms. The SMILES string of the molecule is COc1ccc(F)cc1C(=O)C1CCCN(Cc2ccc(F)c(F)c2)C1. The first-order chi connectivity index (χ1) is 12.5. The lowest BCUT2D eigenvalue weighted by Crippen LogP contribution is -2.38. The molecule has 3 nitrogen and oxygen atoms in total. The van der Waals surface area contributed by atoms with Crippen LogP contribution in [-0.2, 0) is 6.54 Å². The van der Waals surface area contributed by atoms with Crippen molar-refractivity contribution >= 4 is 5.78 Å². The van der Waals surface area contributed by atoms with Crippen molar-refractivity contribution in [3.05, 3.63) is 65.0 Å². The Hall–Kier alpha value is -2.34. The zero-order valence-corrected chi connectivity index (χ0v) is 14.5. The maximum absolute atomic E-state index is 13.6. The summed E-state index contributed by atoms with van der Waals surface area (Å²) in [5.41, 5.74) is 0.896. The number of carbonyl (C=O) groups is 1. The lowest BCUT2D eigenvalue weighted by atomic mass is 9.89. The molecule has 1 atom stereocenters. The Balaban J connectivity index is 1.72. The minimum atomic E-state index is -0.878. The van der Waals surface area contributed by atoms with Crippen LogP contribution in [0.4, 0.5) is 13.2 Å². The van der Waals surface area contributed by atoms with Gasteiger partial charge in [0.2, 0.25) is 0 Å². The molecule has 26 heavy (non-hydrogen) atoms. The van der Waals surface area contributed by atoms with Crippen molar-refractivity contribution in [2.24, 2.45) is 5.92 Å². The number of Topliss-reactive ketones (excluding diaryl/α,β-unsaturated/α-hetero) is 1. The van der Waals surface area contributed by atoms with Crippen LogP contribution < -0.4 is 4.74 Å². The van der Waals surface area contributed by atoms with E-state index in [1.54, 1.807) is 6.07 Å². The minimum Gasteiger partial charge on any atom is -0.496 e. The Morgan fingerprint density at radius 1 is 1.15 bits per heavy atom. The number of hydrogen-bond donors (Lipinski definition) is 0. The number of halogens is 3. The van der Waals surface area contributed by atoms with E-state index in [0.717, 1.165) is 19.0 Å². The van der Waals surface area contributed by atoms with E-state index in [2.05, 4.69) is 0 Å². The quantitative estimate of drug-likeness (QED) is 0.746. The van der Waals surface area contributed by atoms with E-state index in [1.807, 2.05) is 4.90 Å². The van der Waals surface area contributed by atoms with Gasteiger partial charge in [-0.1, -0.05) is 6.07 Å². The van der Waals surface area contributed by atoms with Crippen molar-refractivity contribution in [3.8, 4) is 5.75 Å². The molecule has 2 aromatic rings. The van der Waals surface area contributed by atoms with E-state index in [4.69, 9.17) is 4.74 Å². The molecule has 0 bridgehead atoms. The van der Waals surface area contributed by atoms with Gasteiger partial charge in [-0.15, -0.1) is 0 Å². The molecule has 1 fully saturated rings. The van der Waals surface area contributed by atoms with Gasteiger partial charge in [-0.3, -0.25) is 9.69 Å². The third kappa shape index (κ3) is 4.07. The number of piperidine rings is 1. The molecule has 138 valence electrons. The smallest absolute Gasteiger partial charge is 0.171 e. The summed E-state index contributed by atoms with van der Waals surface area (Å²) in [4.78, 5) is 14.9. The summed E-state index contributed by atoms with van der Waals surface area (Å²) in [6, 6.07) is 7.73. The van der Waals surface area contributed by atoms with Crippen LogP contribution in [0.1, 0.15) is 28.8 Å². The molecule has 1 saturated heterocycles. The Morgan fingerprint density at radius 2 is 1.96 bits per heavy atom. The maximum atomic E-state index is 13.6. The second-order valence-electron chi connectivity index (χ2n) is 6.53. The number of rotatable bonds is 5. The Morgan fingerprint density at radius 3 is 2.69 bits per heavy atom. The monoisotopic (exact) mass is 363 g/mol. The molecule has 0 spiro atoms. The summed E-state index contributed by atoms with van der Waals surface area (Å²) >= 11 is 0. The van der Waals surface area contributed by atoms with E-state index in [-0.39, 0.29) is 17.3 Å². The van der Waals surface area contributed by atoms with Crippen molar-refractivity contribution < 1.29 is 22.7 Å². The van der Waals surface area contributed by atoms with Crippen molar-refractivity contribution in [1.82, 2.24) is 4.90 Å². The van der Waals surface area contributed by atoms with Crippen LogP contribution in [-0.4, -0.2) is 30.9 Å². The second-order valence-corrected chi connectivity index (χ2v) is 6.53. The van der Waals surface area contributed by atoms with Gasteiger partial charge in [-0.25, -0.2) is 13.2 Å². The highest BCUT2D eigenvalue weighted by atomic mass is 19.2. The van der Waals surface area contributed by atoms with Crippen LogP contribution in [0.15, 0.2) is 36.4 Å². The van der Waals surface area contributed by atoms with Gasteiger partial charge < -0.3 is 4.74 Å². The minimum absolute atomic E-state index is 0.156. The van der Waals surface area contributed by atoms with Crippen LogP contribution in [0.2, 0.25) is 0 Å². The van der Waals surface area contributed by atoms with E-state index in [0.29, 0.717) is 30.8 Å². The van der Waals surface area contributed by atoms with Crippen LogP contribution in [0.25, 0.3) is 0 Å². The molecule has 0 saturated carbocycles. The molecular formula is C20H20F3NO2. The summed E-state index contributed by atoms with van der Waals surface area (Å²) in [7, 11) is 1.44. The van der Waals surface area contributed by atoms with E-state index in [9.17, 15) is 18.0 Å². The third-order valence-corrected chi connectivity index (χ3v) is 4.69. The molecular weight excluding hydrogens is 343 g/mol. The fraction of sp³-hybridized carbons (Fsp3) is 0.350. The second kappa shape index (κ2) is 7.91. The molecule has 0 aliphatic carbocycles. The van der Waals surface area contributed by atoms with Gasteiger partial charge in [0.15, 0.2) is 17.4 Å². The first kappa shape index (κ1) is 18.5. The van der Waals surface area contributed by atoms with E-state index >= 15 is 0 Å². The van der Waals surface area contributed by atoms with Crippen molar-refractivity contribution in [2.45, 2.75) is 19.4 Å². The van der Waals surface area contributed by atoms with Crippen LogP contribution >= 0.6 is 0 Å². The number of carbonyl (C=O) groups excluding carboxylic acids is 1. The predicted molar refractivity (Wildman–Crippen MR) is 91.6 cm³/mol. The van der Waals surface area contributed by atoms with Crippen molar-refractivity contribution in [1.29, 1.82) is 0 Å². The normalized spacial score (nSPS) is 17.9. The first-order valence-corrected chi connectivity index (χ1v) is 8.52. The molecule has 1 aliphatic heterocycles. The van der Waals surface area contributed by atoms with Crippen LogP contribution in [0, 0.1) is 23.4 Å². The molecule has 1 heterocycles. The van der Waals surface area contributed by atoms with Gasteiger partial charge in [0.05, 0.1) is 12.7 Å². The molecule has 0 amide bonds. The molecule has 0 N–H and O–H groups in total. The summed E-state index contributed by atoms with van der Waals surface area (Å²) in [5, 5.41) is 0. The Kier molecular flexibility index (Phi) is 5.61. The van der Waals surface area contributed by atoms with Gasteiger partial charge in [-0.2, -0.15) is 0 Å². The molecule has 1 unspecified atom stereocenters. The Labute approximate surface area is 150 Å². The summed E-state index contributed by atoms with van der Waals surface area (Å²) < 4.78 is 45.2. The first-order valence-electron chi connectivity index (χ1n) is 8.52. The number of hydrogen-bond acceptors (Lipinski definition) is 3. The van der Waals surface area contributed by atoms with Gasteiger partial charge in [0.1, 0.15) is 11.6 Å². The maximum Gasteiger partial charge on any atom is 0.171 e. The zero-order valence-electron chi connectivity index (χ0n) is 14.5. The highest BCUT2D eigenvalue weighted by Gasteiger charge is 2.28. The molecule has 0 radical (unpaired) electrons. The number of likely N-dealkylation sites (tertiary alicyclic amines) is 1. The van der Waals surface area contributed by atoms with Crippen LogP contribution in [0.3, 0.4) is 0 Å². The van der Waals surface area contributed by atoms with E-state index < -0.39 is 17.5 Å². The zero-order chi connectivity index (χ0) is 18.7.